The van der Waals surface area contributed by atoms with Crippen LogP contribution in [0.4, 0.5) is 5.69 Å². The summed E-state index contributed by atoms with van der Waals surface area (Å²) >= 11 is 3.47. The Bertz CT molecular complexity index is 557. The highest BCUT2D eigenvalue weighted by atomic mass is 79.9. The van der Waals surface area contributed by atoms with Gasteiger partial charge in [0.15, 0.2) is 0 Å². The molecule has 1 saturated heterocycles. The van der Waals surface area contributed by atoms with Crippen molar-refractivity contribution in [2.45, 2.75) is 39.7 Å². The number of nitrogens with one attached hydrogen (secondary N) is 1. The number of hydrogen-bond acceptors (Lipinski definition) is 2. The topological polar surface area (TPSA) is 49.4 Å². The zero-order valence-electron chi connectivity index (χ0n) is 12.6. The molecule has 0 aliphatic carbocycles. The number of benzene rings is 1. The fraction of sp³-hybridized carbons (Fsp3) is 0.500. The average molecular weight is 353 g/mol. The van der Waals surface area contributed by atoms with Crippen LogP contribution < -0.4 is 10.2 Å². The Morgan fingerprint density at radius 2 is 2.10 bits per heavy atom. The van der Waals surface area contributed by atoms with Crippen molar-refractivity contribution in [3.05, 3.63) is 28.2 Å². The predicted octanol–water partition coefficient (Wildman–Crippen LogP) is 3.03. The fourth-order valence-electron chi connectivity index (χ4n) is 2.52. The van der Waals surface area contributed by atoms with Gasteiger partial charge in [-0.2, -0.15) is 0 Å². The quantitative estimate of drug-likeness (QED) is 0.908. The molecule has 2 amide bonds. The first kappa shape index (κ1) is 16.0. The molecule has 1 aliphatic rings. The van der Waals surface area contributed by atoms with Crippen molar-refractivity contribution < 1.29 is 9.59 Å². The van der Waals surface area contributed by atoms with Crippen molar-refractivity contribution in [2.24, 2.45) is 5.92 Å². The van der Waals surface area contributed by atoms with Gasteiger partial charge in [-0.05, 0) is 43.0 Å². The number of aryl methyl sites for hydroxylation is 1. The largest absolute Gasteiger partial charge is 0.344 e. The molecule has 0 bridgehead atoms. The molecule has 0 spiro atoms. The smallest absolute Gasteiger partial charge is 0.249 e. The van der Waals surface area contributed by atoms with Crippen molar-refractivity contribution in [3.8, 4) is 0 Å². The number of hydrogen-bond donors (Lipinski definition) is 1. The zero-order chi connectivity index (χ0) is 15.6. The van der Waals surface area contributed by atoms with Crippen LogP contribution in [0.5, 0.6) is 0 Å². The van der Waals surface area contributed by atoms with Crippen molar-refractivity contribution in [3.63, 3.8) is 0 Å². The van der Waals surface area contributed by atoms with Gasteiger partial charge in [0.25, 0.3) is 0 Å². The number of nitrogens with zero attached hydrogens (tertiary/aromatic N) is 1. The lowest BCUT2D eigenvalue weighted by Gasteiger charge is -2.25. The highest BCUT2D eigenvalue weighted by molar-refractivity contribution is 9.10. The first-order chi connectivity index (χ1) is 9.88. The Labute approximate surface area is 134 Å². The van der Waals surface area contributed by atoms with Crippen LogP contribution in [0.15, 0.2) is 22.7 Å². The Morgan fingerprint density at radius 3 is 2.71 bits per heavy atom. The molecule has 5 heteroatoms. The number of rotatable bonds is 3. The number of anilines is 1. The van der Waals surface area contributed by atoms with Crippen LogP contribution >= 0.6 is 15.9 Å². The van der Waals surface area contributed by atoms with Crippen LogP contribution in [-0.2, 0) is 9.59 Å². The van der Waals surface area contributed by atoms with E-state index in [4.69, 9.17) is 0 Å². The van der Waals surface area contributed by atoms with Crippen LogP contribution in [0, 0.1) is 12.8 Å². The second kappa shape index (κ2) is 6.60. The summed E-state index contributed by atoms with van der Waals surface area (Å²) in [5, 5.41) is 2.85. The van der Waals surface area contributed by atoms with Crippen molar-refractivity contribution >= 4 is 33.4 Å². The number of amides is 2. The SMILES string of the molecule is Cc1cc(N2CCC(=O)NC(CC(C)C)C2=O)ccc1Br. The van der Waals surface area contributed by atoms with E-state index >= 15 is 0 Å². The van der Waals surface area contributed by atoms with Gasteiger partial charge in [-0.25, -0.2) is 0 Å². The molecule has 0 aromatic heterocycles. The van der Waals surface area contributed by atoms with E-state index < -0.39 is 6.04 Å². The van der Waals surface area contributed by atoms with Gasteiger partial charge in [-0.3, -0.25) is 9.59 Å². The van der Waals surface area contributed by atoms with Gasteiger partial charge in [-0.15, -0.1) is 0 Å². The Balaban J connectivity index is 2.30. The summed E-state index contributed by atoms with van der Waals surface area (Å²) in [5.41, 5.74) is 1.93. The van der Waals surface area contributed by atoms with Gasteiger partial charge in [0, 0.05) is 23.1 Å². The summed E-state index contributed by atoms with van der Waals surface area (Å²) < 4.78 is 1.02. The Kier molecular flexibility index (Phi) is 5.04. The van der Waals surface area contributed by atoms with E-state index in [2.05, 4.69) is 35.1 Å². The highest BCUT2D eigenvalue weighted by Gasteiger charge is 2.31. The van der Waals surface area contributed by atoms with Gasteiger partial charge in [-0.1, -0.05) is 29.8 Å². The molecule has 1 heterocycles. The molecule has 114 valence electrons. The Morgan fingerprint density at radius 1 is 1.38 bits per heavy atom. The second-order valence-electron chi connectivity index (χ2n) is 5.92. The molecular weight excluding hydrogens is 332 g/mol. The molecule has 0 saturated carbocycles. The van der Waals surface area contributed by atoms with Gasteiger partial charge >= 0.3 is 0 Å². The first-order valence-corrected chi connectivity index (χ1v) is 8.04. The van der Waals surface area contributed by atoms with Crippen LogP contribution in [0.25, 0.3) is 0 Å². The molecule has 1 fully saturated rings. The lowest BCUT2D eigenvalue weighted by Crippen LogP contribution is -2.45. The van der Waals surface area contributed by atoms with Crippen LogP contribution in [0.2, 0.25) is 0 Å². The third-order valence-electron chi connectivity index (χ3n) is 3.62. The van der Waals surface area contributed by atoms with Crippen LogP contribution in [-0.4, -0.2) is 24.4 Å². The van der Waals surface area contributed by atoms with E-state index in [9.17, 15) is 9.59 Å². The van der Waals surface area contributed by atoms with E-state index in [1.54, 1.807) is 4.90 Å². The summed E-state index contributed by atoms with van der Waals surface area (Å²) in [5.74, 6) is 0.285. The maximum Gasteiger partial charge on any atom is 0.249 e. The maximum absolute atomic E-state index is 12.7. The molecule has 2 rings (SSSR count). The summed E-state index contributed by atoms with van der Waals surface area (Å²) in [4.78, 5) is 26.3. The predicted molar refractivity (Wildman–Crippen MR) is 87.2 cm³/mol. The highest BCUT2D eigenvalue weighted by Crippen LogP contribution is 2.25. The van der Waals surface area contributed by atoms with E-state index in [0.29, 0.717) is 25.3 Å². The monoisotopic (exact) mass is 352 g/mol. The first-order valence-electron chi connectivity index (χ1n) is 7.25. The number of carbonyl (C=O) groups is 2. The fourth-order valence-corrected chi connectivity index (χ4v) is 2.77. The third kappa shape index (κ3) is 3.84. The summed E-state index contributed by atoms with van der Waals surface area (Å²) in [7, 11) is 0. The normalized spacial score (nSPS) is 19.7. The summed E-state index contributed by atoms with van der Waals surface area (Å²) in [6, 6.07) is 5.40. The average Bonchev–Trinajstić information content (AvgIpc) is 2.53. The second-order valence-corrected chi connectivity index (χ2v) is 6.78. The molecule has 1 aromatic rings. The van der Waals surface area contributed by atoms with Gasteiger partial charge in [0.05, 0.1) is 0 Å². The van der Waals surface area contributed by atoms with E-state index in [0.717, 1.165) is 15.7 Å². The minimum Gasteiger partial charge on any atom is -0.344 e. The molecule has 1 N–H and O–H groups in total. The molecule has 1 unspecified atom stereocenters. The third-order valence-corrected chi connectivity index (χ3v) is 4.51. The summed E-state index contributed by atoms with van der Waals surface area (Å²) in [6.07, 6.45) is 1.01. The van der Waals surface area contributed by atoms with Crippen molar-refractivity contribution in [1.82, 2.24) is 5.32 Å². The minimum atomic E-state index is -0.427. The van der Waals surface area contributed by atoms with E-state index in [1.165, 1.54) is 0 Å². The van der Waals surface area contributed by atoms with Crippen LogP contribution in [0.1, 0.15) is 32.3 Å². The standard InChI is InChI=1S/C16H21BrN2O2/c1-10(2)8-14-16(21)19(7-6-15(20)18-14)12-4-5-13(17)11(3)9-12/h4-5,9-10,14H,6-8H2,1-3H3,(H,18,20). The zero-order valence-corrected chi connectivity index (χ0v) is 14.2. The maximum atomic E-state index is 12.7. The van der Waals surface area contributed by atoms with Gasteiger partial charge in [0.1, 0.15) is 6.04 Å². The van der Waals surface area contributed by atoms with Crippen LogP contribution in [0.3, 0.4) is 0 Å². The lowest BCUT2D eigenvalue weighted by molar-refractivity contribution is -0.125. The van der Waals surface area contributed by atoms with Gasteiger partial charge < -0.3 is 10.2 Å². The molecule has 4 nitrogen and oxygen atoms in total. The molecule has 1 atom stereocenters. The molecule has 21 heavy (non-hydrogen) atoms. The lowest BCUT2D eigenvalue weighted by atomic mass is 10.0. The van der Waals surface area contributed by atoms with E-state index in [-0.39, 0.29) is 11.8 Å². The van der Waals surface area contributed by atoms with Gasteiger partial charge in [0.2, 0.25) is 11.8 Å². The number of carbonyl (C=O) groups excluding carboxylic acids is 2. The molecule has 1 aromatic carbocycles. The van der Waals surface area contributed by atoms with Crippen molar-refractivity contribution in [2.75, 3.05) is 11.4 Å². The minimum absolute atomic E-state index is 0.0173. The molecular formula is C16H21BrN2O2. The number of halogens is 1. The summed E-state index contributed by atoms with van der Waals surface area (Å²) in [6.45, 7) is 6.53. The van der Waals surface area contributed by atoms with E-state index in [1.807, 2.05) is 25.1 Å². The van der Waals surface area contributed by atoms with Crippen molar-refractivity contribution in [1.29, 1.82) is 0 Å². The Hall–Kier alpha value is -1.36. The molecule has 1 aliphatic heterocycles. The molecule has 0 radical (unpaired) electrons.